The first-order valence-corrected chi connectivity index (χ1v) is 11.3. The van der Waals surface area contributed by atoms with E-state index in [4.69, 9.17) is 21.1 Å². The van der Waals surface area contributed by atoms with Crippen LogP contribution in [0.5, 0.6) is 11.5 Å². The van der Waals surface area contributed by atoms with Crippen LogP contribution in [-0.4, -0.2) is 49.0 Å². The summed E-state index contributed by atoms with van der Waals surface area (Å²) in [5, 5.41) is 3.47. The fourth-order valence-corrected chi connectivity index (χ4v) is 4.48. The van der Waals surface area contributed by atoms with Gasteiger partial charge in [0.05, 0.1) is 32.4 Å². The van der Waals surface area contributed by atoms with Crippen LogP contribution in [0.2, 0.25) is 5.02 Å². The number of benzene rings is 2. The third-order valence-corrected chi connectivity index (χ3v) is 6.26. The Balaban J connectivity index is 1.61. The Hall–Kier alpha value is -3.58. The molecule has 7 nitrogen and oxygen atoms in total. The van der Waals surface area contributed by atoms with Crippen LogP contribution in [0.25, 0.3) is 0 Å². The Morgan fingerprint density at radius 2 is 1.91 bits per heavy atom. The molecule has 3 aromatic rings. The van der Waals surface area contributed by atoms with Gasteiger partial charge in [0.15, 0.2) is 0 Å². The summed E-state index contributed by atoms with van der Waals surface area (Å²) in [4.78, 5) is 32.5. The number of aromatic nitrogens is 1. The van der Waals surface area contributed by atoms with Crippen LogP contribution in [0.1, 0.15) is 27.5 Å². The van der Waals surface area contributed by atoms with Crippen molar-refractivity contribution in [2.24, 2.45) is 5.92 Å². The first-order chi connectivity index (χ1) is 16.5. The van der Waals surface area contributed by atoms with E-state index in [1.165, 1.54) is 0 Å². The van der Waals surface area contributed by atoms with Crippen molar-refractivity contribution in [3.05, 3.63) is 88.7 Å². The number of methoxy groups -OCH3 is 2. The lowest BCUT2D eigenvalue weighted by Gasteiger charge is -2.21. The second-order valence-corrected chi connectivity index (χ2v) is 8.52. The molecule has 176 valence electrons. The molecule has 1 saturated heterocycles. The van der Waals surface area contributed by atoms with Crippen LogP contribution in [0.15, 0.2) is 66.9 Å². The summed E-state index contributed by atoms with van der Waals surface area (Å²) < 4.78 is 10.9. The third-order valence-electron chi connectivity index (χ3n) is 6.03. The molecule has 0 unspecified atom stereocenters. The van der Waals surface area contributed by atoms with Crippen molar-refractivity contribution in [3.63, 3.8) is 0 Å². The predicted molar refractivity (Wildman–Crippen MR) is 129 cm³/mol. The highest BCUT2D eigenvalue weighted by atomic mass is 35.5. The molecular formula is C26H26ClN3O4. The summed E-state index contributed by atoms with van der Waals surface area (Å²) >= 11 is 6.10. The molecule has 1 fully saturated rings. The average Bonchev–Trinajstić information content (AvgIpc) is 3.32. The highest BCUT2D eigenvalue weighted by Crippen LogP contribution is 2.39. The third kappa shape index (κ3) is 5.15. The van der Waals surface area contributed by atoms with Crippen molar-refractivity contribution in [1.82, 2.24) is 15.2 Å². The number of amides is 2. The van der Waals surface area contributed by atoms with E-state index in [1.54, 1.807) is 55.6 Å². The molecule has 4 rings (SSSR count). The van der Waals surface area contributed by atoms with Gasteiger partial charge in [-0.1, -0.05) is 29.8 Å². The molecule has 2 atom stereocenters. The maximum Gasteiger partial charge on any atom is 0.253 e. The van der Waals surface area contributed by atoms with Crippen molar-refractivity contribution in [3.8, 4) is 11.5 Å². The minimum atomic E-state index is -0.464. The van der Waals surface area contributed by atoms with E-state index in [0.717, 1.165) is 11.3 Å². The largest absolute Gasteiger partial charge is 0.497 e. The Labute approximate surface area is 203 Å². The molecule has 1 N–H and O–H groups in total. The average molecular weight is 480 g/mol. The lowest BCUT2D eigenvalue weighted by Crippen LogP contribution is -2.35. The zero-order valence-electron chi connectivity index (χ0n) is 19.0. The van der Waals surface area contributed by atoms with E-state index in [0.29, 0.717) is 35.2 Å². The van der Waals surface area contributed by atoms with Crippen LogP contribution >= 0.6 is 11.6 Å². The van der Waals surface area contributed by atoms with Gasteiger partial charge in [0.1, 0.15) is 11.5 Å². The number of pyridine rings is 1. The van der Waals surface area contributed by atoms with Crippen LogP contribution in [0, 0.1) is 5.92 Å². The Morgan fingerprint density at radius 3 is 2.62 bits per heavy atom. The molecule has 2 amide bonds. The summed E-state index contributed by atoms with van der Waals surface area (Å²) in [6.07, 6.45) is 1.69. The molecule has 34 heavy (non-hydrogen) atoms. The first-order valence-electron chi connectivity index (χ1n) is 10.9. The van der Waals surface area contributed by atoms with E-state index >= 15 is 0 Å². The summed E-state index contributed by atoms with van der Waals surface area (Å²) in [7, 11) is 3.17. The molecule has 0 aliphatic carbocycles. The smallest absolute Gasteiger partial charge is 0.253 e. The molecule has 0 radical (unpaired) electrons. The van der Waals surface area contributed by atoms with Crippen LogP contribution in [-0.2, 0) is 11.3 Å². The van der Waals surface area contributed by atoms with E-state index in [-0.39, 0.29) is 24.3 Å². The number of rotatable bonds is 7. The van der Waals surface area contributed by atoms with Crippen molar-refractivity contribution < 1.29 is 19.1 Å². The standard InChI is InChI=1S/C26H26ClN3O4/c1-33-20-9-10-21(24(13-20)34-2)22-15-30(26(32)17-6-5-7-18(27)12-17)16-23(22)25(31)29-14-19-8-3-4-11-28-19/h3-13,22-23H,14-16H2,1-2H3,(H,29,31)/t22-,23+/m0/s1. The highest BCUT2D eigenvalue weighted by Gasteiger charge is 2.41. The maximum atomic E-state index is 13.3. The molecule has 1 aliphatic heterocycles. The molecule has 2 aromatic carbocycles. The topological polar surface area (TPSA) is 80.8 Å². The number of ether oxygens (including phenoxy) is 2. The van der Waals surface area contributed by atoms with Gasteiger partial charge in [-0.05, 0) is 36.4 Å². The lowest BCUT2D eigenvalue weighted by molar-refractivity contribution is -0.125. The first kappa shape index (κ1) is 23.6. The van der Waals surface area contributed by atoms with Gasteiger partial charge < -0.3 is 19.7 Å². The number of nitrogens with one attached hydrogen (secondary N) is 1. The van der Waals surface area contributed by atoms with E-state index in [1.807, 2.05) is 30.3 Å². The number of hydrogen-bond acceptors (Lipinski definition) is 5. The van der Waals surface area contributed by atoms with Crippen molar-refractivity contribution in [1.29, 1.82) is 0 Å². The highest BCUT2D eigenvalue weighted by molar-refractivity contribution is 6.30. The zero-order chi connectivity index (χ0) is 24.1. The van der Waals surface area contributed by atoms with Gasteiger partial charge in [0, 0.05) is 47.4 Å². The fourth-order valence-electron chi connectivity index (χ4n) is 4.29. The molecule has 1 aliphatic rings. The summed E-state index contributed by atoms with van der Waals surface area (Å²) in [5.41, 5.74) is 2.10. The van der Waals surface area contributed by atoms with Gasteiger partial charge in [-0.25, -0.2) is 0 Å². The van der Waals surface area contributed by atoms with Gasteiger partial charge in [-0.3, -0.25) is 14.6 Å². The molecule has 8 heteroatoms. The second-order valence-electron chi connectivity index (χ2n) is 8.08. The van der Waals surface area contributed by atoms with Gasteiger partial charge in [0.2, 0.25) is 5.91 Å². The predicted octanol–water partition coefficient (Wildman–Crippen LogP) is 3.92. The maximum absolute atomic E-state index is 13.3. The van der Waals surface area contributed by atoms with Crippen molar-refractivity contribution in [2.45, 2.75) is 12.5 Å². The normalized spacial score (nSPS) is 17.3. The van der Waals surface area contributed by atoms with Crippen LogP contribution in [0.4, 0.5) is 0 Å². The quantitative estimate of drug-likeness (QED) is 0.555. The minimum Gasteiger partial charge on any atom is -0.497 e. The number of hydrogen-bond donors (Lipinski definition) is 1. The number of nitrogens with zero attached hydrogens (tertiary/aromatic N) is 2. The Kier molecular flexibility index (Phi) is 7.33. The van der Waals surface area contributed by atoms with Crippen LogP contribution < -0.4 is 14.8 Å². The second kappa shape index (κ2) is 10.6. The lowest BCUT2D eigenvalue weighted by atomic mass is 9.87. The molecule has 1 aromatic heterocycles. The zero-order valence-corrected chi connectivity index (χ0v) is 19.8. The van der Waals surface area contributed by atoms with Crippen molar-refractivity contribution >= 4 is 23.4 Å². The number of likely N-dealkylation sites (tertiary alicyclic amines) is 1. The summed E-state index contributed by atoms with van der Waals surface area (Å²) in [6.45, 7) is 0.958. The Bertz CT molecular complexity index is 1170. The van der Waals surface area contributed by atoms with Crippen LogP contribution in [0.3, 0.4) is 0 Å². The van der Waals surface area contributed by atoms with Gasteiger partial charge >= 0.3 is 0 Å². The minimum absolute atomic E-state index is 0.144. The summed E-state index contributed by atoms with van der Waals surface area (Å²) in [6, 6.07) is 17.9. The van der Waals surface area contributed by atoms with E-state index < -0.39 is 5.92 Å². The molecular weight excluding hydrogens is 454 g/mol. The molecule has 0 bridgehead atoms. The number of carbonyl (C=O) groups is 2. The summed E-state index contributed by atoms with van der Waals surface area (Å²) in [5.74, 6) is 0.238. The Morgan fingerprint density at radius 1 is 1.06 bits per heavy atom. The van der Waals surface area contributed by atoms with Gasteiger partial charge in [-0.2, -0.15) is 0 Å². The van der Waals surface area contributed by atoms with Gasteiger partial charge in [0.25, 0.3) is 5.91 Å². The number of carbonyl (C=O) groups excluding carboxylic acids is 2. The SMILES string of the molecule is COc1ccc([C@@H]2CN(C(=O)c3cccc(Cl)c3)C[C@H]2C(=O)NCc2ccccn2)c(OC)c1. The fraction of sp³-hybridized carbons (Fsp3) is 0.269. The van der Waals surface area contributed by atoms with Gasteiger partial charge in [-0.15, -0.1) is 0 Å². The molecule has 0 saturated carbocycles. The number of halogens is 1. The monoisotopic (exact) mass is 479 g/mol. The van der Waals surface area contributed by atoms with E-state index in [9.17, 15) is 9.59 Å². The molecule has 2 heterocycles. The van der Waals surface area contributed by atoms with E-state index in [2.05, 4.69) is 10.3 Å². The van der Waals surface area contributed by atoms with Crippen molar-refractivity contribution in [2.75, 3.05) is 27.3 Å². The molecule has 0 spiro atoms.